The molecule has 0 radical (unpaired) electrons. The maximum atomic E-state index is 12.4. The van der Waals surface area contributed by atoms with Gasteiger partial charge in [-0.2, -0.15) is 0 Å². The van der Waals surface area contributed by atoms with E-state index in [-0.39, 0.29) is 42.3 Å². The predicted octanol–water partition coefficient (Wildman–Crippen LogP) is 2.53. The van der Waals surface area contributed by atoms with E-state index in [9.17, 15) is 14.8 Å². The molecule has 1 aromatic heterocycles. The van der Waals surface area contributed by atoms with Crippen molar-refractivity contribution in [2.75, 3.05) is 19.6 Å². The molecule has 1 N–H and O–H groups in total. The summed E-state index contributed by atoms with van der Waals surface area (Å²) in [6.07, 6.45) is 2.44. The summed E-state index contributed by atoms with van der Waals surface area (Å²) >= 11 is 0. The lowest BCUT2D eigenvalue weighted by molar-refractivity contribution is -0.0782. The van der Waals surface area contributed by atoms with Crippen molar-refractivity contribution in [2.45, 2.75) is 70.4 Å². The number of piperidine rings is 1. The first kappa shape index (κ1) is 19.6. The molecule has 10 heteroatoms. The first-order valence-electron chi connectivity index (χ1n) is 10.5. The van der Waals surface area contributed by atoms with Gasteiger partial charge in [0.25, 0.3) is 0 Å². The molecule has 2 bridgehead atoms. The van der Waals surface area contributed by atoms with Gasteiger partial charge in [-0.25, -0.2) is 14.7 Å². The van der Waals surface area contributed by atoms with E-state index in [1.807, 2.05) is 26.8 Å². The van der Waals surface area contributed by atoms with E-state index in [2.05, 4.69) is 5.16 Å². The van der Waals surface area contributed by atoms with Crippen molar-refractivity contribution in [1.82, 2.24) is 20.0 Å². The number of hydrogen-bond acceptors (Lipinski definition) is 7. The van der Waals surface area contributed by atoms with Gasteiger partial charge in [0.2, 0.25) is 0 Å². The van der Waals surface area contributed by atoms with E-state index in [4.69, 9.17) is 14.0 Å². The first-order chi connectivity index (χ1) is 14.2. The molecule has 1 spiro atoms. The van der Waals surface area contributed by atoms with Crippen LogP contribution in [0.1, 0.15) is 57.5 Å². The number of aromatic nitrogens is 1. The van der Waals surface area contributed by atoms with Gasteiger partial charge < -0.3 is 23.8 Å². The third-order valence-electron chi connectivity index (χ3n) is 6.56. The SMILES string of the molecule is CC(C)(C)OC(=O)N1CC(OCc2cc([C@@H]3CC4(CC4)[C@H]4CN3C(=O)N4O)no2)C1. The average Bonchev–Trinajstić information content (AvgIpc) is 3.13. The largest absolute Gasteiger partial charge is 0.444 e. The molecule has 2 atom stereocenters. The normalized spacial score (nSPS) is 27.6. The molecule has 4 fully saturated rings. The molecule has 0 unspecified atom stereocenters. The maximum absolute atomic E-state index is 12.4. The van der Waals surface area contributed by atoms with Gasteiger partial charge in [-0.3, -0.25) is 5.21 Å². The summed E-state index contributed by atoms with van der Waals surface area (Å²) in [6.45, 7) is 7.26. The summed E-state index contributed by atoms with van der Waals surface area (Å²) in [5, 5.41) is 15.2. The Kier molecular flexibility index (Phi) is 4.31. The van der Waals surface area contributed by atoms with Crippen LogP contribution in [0.5, 0.6) is 0 Å². The topological polar surface area (TPSA) is 109 Å². The van der Waals surface area contributed by atoms with Gasteiger partial charge in [0.05, 0.1) is 31.3 Å². The lowest BCUT2D eigenvalue weighted by Crippen LogP contribution is -2.55. The standard InChI is InChI=1S/C20H28N4O6/c1-19(2,3)29-18(26)22-8-13(9-22)28-11-12-6-14(21-30-12)15-7-20(4-5-20)16-10-23(15)17(25)24(16)27/h6,13,15-16,27H,4-5,7-11H2,1-3H3/t15-,16+/m0/s1. The third kappa shape index (κ3) is 3.31. The van der Waals surface area contributed by atoms with E-state index >= 15 is 0 Å². The number of rotatable bonds is 4. The van der Waals surface area contributed by atoms with Crippen molar-refractivity contribution in [3.05, 3.63) is 17.5 Å². The highest BCUT2D eigenvalue weighted by atomic mass is 16.6. The zero-order chi connectivity index (χ0) is 21.3. The fourth-order valence-corrected chi connectivity index (χ4v) is 4.69. The number of nitrogens with zero attached hydrogens (tertiary/aromatic N) is 4. The number of hydrogen-bond donors (Lipinski definition) is 1. The van der Waals surface area contributed by atoms with Crippen LogP contribution in [0.3, 0.4) is 0 Å². The van der Waals surface area contributed by atoms with Gasteiger partial charge in [0, 0.05) is 12.6 Å². The summed E-state index contributed by atoms with van der Waals surface area (Å²) in [5.74, 6) is 0.584. The molecular formula is C20H28N4O6. The summed E-state index contributed by atoms with van der Waals surface area (Å²) in [4.78, 5) is 27.7. The zero-order valence-corrected chi connectivity index (χ0v) is 17.5. The Bertz CT molecular complexity index is 854. The minimum Gasteiger partial charge on any atom is -0.444 e. The van der Waals surface area contributed by atoms with Crippen LogP contribution in [0, 0.1) is 5.41 Å². The Labute approximate surface area is 174 Å². The Hall–Kier alpha value is -2.33. The molecule has 1 aromatic rings. The summed E-state index contributed by atoms with van der Waals surface area (Å²) in [7, 11) is 0. The van der Waals surface area contributed by atoms with Crippen molar-refractivity contribution < 1.29 is 28.8 Å². The van der Waals surface area contributed by atoms with Crippen LogP contribution in [0.15, 0.2) is 10.6 Å². The van der Waals surface area contributed by atoms with E-state index in [0.717, 1.165) is 24.3 Å². The van der Waals surface area contributed by atoms with Gasteiger partial charge in [0.1, 0.15) is 17.9 Å². The van der Waals surface area contributed by atoms with Crippen molar-refractivity contribution in [2.24, 2.45) is 5.41 Å². The Balaban J connectivity index is 1.15. The first-order valence-corrected chi connectivity index (χ1v) is 10.5. The minimum atomic E-state index is -0.513. The highest BCUT2D eigenvalue weighted by Crippen LogP contribution is 2.61. The fourth-order valence-electron chi connectivity index (χ4n) is 4.69. The smallest absolute Gasteiger partial charge is 0.410 e. The van der Waals surface area contributed by atoms with Gasteiger partial charge in [-0.05, 0) is 45.4 Å². The molecule has 3 aliphatic heterocycles. The number of amides is 3. The molecule has 4 aliphatic rings. The molecule has 10 nitrogen and oxygen atoms in total. The van der Waals surface area contributed by atoms with Crippen molar-refractivity contribution in [1.29, 1.82) is 0 Å². The molecule has 4 heterocycles. The maximum Gasteiger partial charge on any atom is 0.410 e. The second-order valence-electron chi connectivity index (χ2n) is 9.91. The number of ether oxygens (including phenoxy) is 2. The molecule has 5 rings (SSSR count). The number of carbonyl (C=O) groups excluding carboxylic acids is 2. The predicted molar refractivity (Wildman–Crippen MR) is 101 cm³/mol. The van der Waals surface area contributed by atoms with Crippen LogP contribution in [0.4, 0.5) is 9.59 Å². The number of carbonyl (C=O) groups is 2. The van der Waals surface area contributed by atoms with E-state index in [0.29, 0.717) is 31.1 Å². The minimum absolute atomic E-state index is 0.00867. The molecule has 164 valence electrons. The number of fused-ring (bicyclic) bond motifs is 3. The van der Waals surface area contributed by atoms with Crippen LogP contribution < -0.4 is 0 Å². The highest BCUT2D eigenvalue weighted by Gasteiger charge is 2.63. The molecular weight excluding hydrogens is 392 g/mol. The molecule has 0 aromatic carbocycles. The van der Waals surface area contributed by atoms with Gasteiger partial charge >= 0.3 is 12.1 Å². The van der Waals surface area contributed by atoms with E-state index < -0.39 is 5.60 Å². The molecule has 1 saturated carbocycles. The second kappa shape index (κ2) is 6.58. The molecule has 1 aliphatic carbocycles. The quantitative estimate of drug-likeness (QED) is 0.746. The van der Waals surface area contributed by atoms with Crippen LogP contribution in [0.2, 0.25) is 0 Å². The lowest BCUT2D eigenvalue weighted by Gasteiger charge is -2.39. The molecule has 30 heavy (non-hydrogen) atoms. The number of likely N-dealkylation sites (tertiary alicyclic amines) is 1. The van der Waals surface area contributed by atoms with Gasteiger partial charge in [-0.15, -0.1) is 0 Å². The van der Waals surface area contributed by atoms with Crippen LogP contribution in [-0.2, 0) is 16.1 Å². The lowest BCUT2D eigenvalue weighted by atomic mass is 9.84. The Morgan fingerprint density at radius 1 is 1.33 bits per heavy atom. The average molecular weight is 420 g/mol. The van der Waals surface area contributed by atoms with Crippen LogP contribution in [0.25, 0.3) is 0 Å². The third-order valence-corrected chi connectivity index (χ3v) is 6.56. The van der Waals surface area contributed by atoms with Crippen LogP contribution in [-0.4, -0.2) is 74.7 Å². The fraction of sp³-hybridized carbons (Fsp3) is 0.750. The van der Waals surface area contributed by atoms with Gasteiger partial charge in [0.15, 0.2) is 5.76 Å². The highest BCUT2D eigenvalue weighted by molar-refractivity contribution is 5.77. The Morgan fingerprint density at radius 2 is 2.07 bits per heavy atom. The molecule has 3 amide bonds. The summed E-state index contributed by atoms with van der Waals surface area (Å²) < 4.78 is 16.6. The van der Waals surface area contributed by atoms with E-state index in [1.165, 1.54) is 0 Å². The monoisotopic (exact) mass is 420 g/mol. The molecule has 3 saturated heterocycles. The summed E-state index contributed by atoms with van der Waals surface area (Å²) in [5.41, 5.74) is 0.196. The number of hydroxylamine groups is 2. The number of urea groups is 1. The van der Waals surface area contributed by atoms with E-state index in [1.54, 1.807) is 9.80 Å². The van der Waals surface area contributed by atoms with Crippen molar-refractivity contribution in [3.63, 3.8) is 0 Å². The van der Waals surface area contributed by atoms with Crippen molar-refractivity contribution >= 4 is 12.1 Å². The van der Waals surface area contributed by atoms with Crippen LogP contribution >= 0.6 is 0 Å². The zero-order valence-electron chi connectivity index (χ0n) is 17.5. The summed E-state index contributed by atoms with van der Waals surface area (Å²) in [6, 6.07) is 1.18. The van der Waals surface area contributed by atoms with Crippen molar-refractivity contribution in [3.8, 4) is 0 Å². The van der Waals surface area contributed by atoms with Gasteiger partial charge in [-0.1, -0.05) is 5.16 Å². The second-order valence-corrected chi connectivity index (χ2v) is 9.91. The Morgan fingerprint density at radius 3 is 2.73 bits per heavy atom.